The molecular weight excluding hydrogens is 346 g/mol. The Bertz CT molecular complexity index is 642. The summed E-state index contributed by atoms with van der Waals surface area (Å²) < 4.78 is 17.1. The number of amides is 1. The van der Waals surface area contributed by atoms with E-state index < -0.39 is 11.7 Å². The molecule has 1 heterocycles. The predicted molar refractivity (Wildman–Crippen MR) is 102 cm³/mol. The van der Waals surface area contributed by atoms with Crippen LogP contribution in [0.1, 0.15) is 45.3 Å². The lowest BCUT2D eigenvalue weighted by molar-refractivity contribution is -0.0432. The number of carbonyl (C=O) groups excluding carboxylic acids is 1. The Morgan fingerprint density at radius 3 is 2.41 bits per heavy atom. The van der Waals surface area contributed by atoms with Gasteiger partial charge in [-0.15, -0.1) is 0 Å². The van der Waals surface area contributed by atoms with Crippen molar-refractivity contribution < 1.29 is 24.1 Å². The number of carbonyl (C=O) groups is 1. The second-order valence-electron chi connectivity index (χ2n) is 8.55. The molecule has 1 aromatic carbocycles. The molecule has 1 aliphatic carbocycles. The van der Waals surface area contributed by atoms with Crippen LogP contribution >= 0.6 is 0 Å². The number of nitrogens with zero attached hydrogens (tertiary/aromatic N) is 1. The number of likely N-dealkylation sites (tertiary alicyclic amines) is 1. The molecule has 27 heavy (non-hydrogen) atoms. The molecule has 3 atom stereocenters. The second kappa shape index (κ2) is 8.07. The molecule has 3 rings (SSSR count). The van der Waals surface area contributed by atoms with Gasteiger partial charge in [-0.1, -0.05) is 18.2 Å². The van der Waals surface area contributed by atoms with Crippen LogP contribution in [0.4, 0.5) is 4.79 Å². The van der Waals surface area contributed by atoms with Gasteiger partial charge >= 0.3 is 6.09 Å². The van der Waals surface area contributed by atoms with Gasteiger partial charge in [0.2, 0.25) is 0 Å². The summed E-state index contributed by atoms with van der Waals surface area (Å²) in [5.41, 5.74) is 0.402. The van der Waals surface area contributed by atoms with Crippen molar-refractivity contribution in [3.05, 3.63) is 29.8 Å². The maximum Gasteiger partial charge on any atom is 0.410 e. The van der Waals surface area contributed by atoms with E-state index in [1.54, 1.807) is 7.11 Å². The number of aliphatic hydroxyl groups is 1. The lowest BCUT2D eigenvalue weighted by Crippen LogP contribution is -2.36. The maximum absolute atomic E-state index is 12.3. The molecule has 2 aliphatic rings. The van der Waals surface area contributed by atoms with E-state index in [9.17, 15) is 9.90 Å². The minimum absolute atomic E-state index is 0.0860. The number of hydrogen-bond acceptors (Lipinski definition) is 5. The Hall–Kier alpha value is -1.79. The first-order valence-electron chi connectivity index (χ1n) is 9.68. The Balaban J connectivity index is 1.56. The molecule has 0 spiro atoms. The van der Waals surface area contributed by atoms with Crippen LogP contribution in [0.3, 0.4) is 0 Å². The molecule has 1 N–H and O–H groups in total. The molecule has 3 unspecified atom stereocenters. The Morgan fingerprint density at radius 1 is 1.22 bits per heavy atom. The summed E-state index contributed by atoms with van der Waals surface area (Å²) in [6, 6.07) is 7.64. The normalized spacial score (nSPS) is 26.0. The van der Waals surface area contributed by atoms with Crippen LogP contribution in [0.5, 0.6) is 5.75 Å². The van der Waals surface area contributed by atoms with Crippen molar-refractivity contribution in [2.75, 3.05) is 26.8 Å². The van der Waals surface area contributed by atoms with Crippen LogP contribution in [0.2, 0.25) is 0 Å². The van der Waals surface area contributed by atoms with Gasteiger partial charge in [0.15, 0.2) is 0 Å². The zero-order valence-electron chi connectivity index (χ0n) is 16.7. The van der Waals surface area contributed by atoms with E-state index in [1.807, 2.05) is 49.9 Å². The predicted octanol–water partition coefficient (Wildman–Crippen LogP) is 3.39. The number of benzene rings is 1. The van der Waals surface area contributed by atoms with E-state index >= 15 is 0 Å². The van der Waals surface area contributed by atoms with Crippen molar-refractivity contribution in [1.82, 2.24) is 4.90 Å². The first-order chi connectivity index (χ1) is 12.8. The number of hydrogen-bond donors (Lipinski definition) is 1. The molecule has 1 saturated carbocycles. The molecule has 150 valence electrons. The number of methoxy groups -OCH3 is 1. The minimum Gasteiger partial charge on any atom is -0.496 e. The van der Waals surface area contributed by atoms with E-state index in [-0.39, 0.29) is 18.8 Å². The van der Waals surface area contributed by atoms with Gasteiger partial charge in [-0.05, 0) is 51.5 Å². The Kier molecular flexibility index (Phi) is 5.96. The molecule has 0 radical (unpaired) electrons. The smallest absolute Gasteiger partial charge is 0.410 e. The Morgan fingerprint density at radius 2 is 1.85 bits per heavy atom. The summed E-state index contributed by atoms with van der Waals surface area (Å²) >= 11 is 0. The van der Waals surface area contributed by atoms with Gasteiger partial charge in [-0.3, -0.25) is 0 Å². The summed E-state index contributed by atoms with van der Waals surface area (Å²) in [6.07, 6.45) is 1.26. The van der Waals surface area contributed by atoms with E-state index in [4.69, 9.17) is 14.2 Å². The second-order valence-corrected chi connectivity index (χ2v) is 8.55. The highest BCUT2D eigenvalue weighted by molar-refractivity contribution is 5.68. The maximum atomic E-state index is 12.3. The number of fused-ring (bicyclic) bond motifs is 1. The first-order valence-corrected chi connectivity index (χ1v) is 9.68. The van der Waals surface area contributed by atoms with Crippen LogP contribution < -0.4 is 4.74 Å². The summed E-state index contributed by atoms with van der Waals surface area (Å²) in [5.74, 6) is 1.59. The van der Waals surface area contributed by atoms with Crippen LogP contribution in [-0.4, -0.2) is 54.6 Å². The van der Waals surface area contributed by atoms with Crippen LogP contribution in [0, 0.1) is 11.8 Å². The molecule has 6 heteroatoms. The minimum atomic E-state index is -0.469. The molecule has 0 aromatic heterocycles. The molecule has 1 aliphatic heterocycles. The SMILES string of the molecule is COc1ccccc1C(CO)OC1CC2CN(C(=O)OC(C)(C)C)CC2C1. The van der Waals surface area contributed by atoms with Crippen molar-refractivity contribution in [3.8, 4) is 5.75 Å². The number of aliphatic hydroxyl groups excluding tert-OH is 1. The highest BCUT2D eigenvalue weighted by Crippen LogP contribution is 2.42. The lowest BCUT2D eigenvalue weighted by Gasteiger charge is -2.26. The quantitative estimate of drug-likeness (QED) is 0.852. The highest BCUT2D eigenvalue weighted by atomic mass is 16.6. The van der Waals surface area contributed by atoms with Crippen molar-refractivity contribution in [3.63, 3.8) is 0 Å². The van der Waals surface area contributed by atoms with E-state index in [2.05, 4.69) is 0 Å². The molecule has 6 nitrogen and oxygen atoms in total. The van der Waals surface area contributed by atoms with Crippen LogP contribution in [0.15, 0.2) is 24.3 Å². The summed E-state index contributed by atoms with van der Waals surface area (Å²) in [5, 5.41) is 9.84. The standard InChI is InChI=1S/C21H31NO5/c1-21(2,3)27-20(24)22-11-14-9-16(10-15(14)12-22)26-19(13-23)17-7-5-6-8-18(17)25-4/h5-8,14-16,19,23H,9-13H2,1-4H3. The summed E-state index contributed by atoms with van der Waals surface area (Å²) in [6.45, 7) is 7.02. The van der Waals surface area contributed by atoms with E-state index in [1.165, 1.54) is 0 Å². The highest BCUT2D eigenvalue weighted by Gasteiger charge is 2.44. The van der Waals surface area contributed by atoms with Gasteiger partial charge in [0.25, 0.3) is 0 Å². The number of ether oxygens (including phenoxy) is 3. The van der Waals surface area contributed by atoms with Gasteiger partial charge < -0.3 is 24.2 Å². The Labute approximate surface area is 161 Å². The molecule has 1 saturated heterocycles. The third kappa shape index (κ3) is 4.74. The average Bonchev–Trinajstić information content (AvgIpc) is 3.16. The molecule has 1 aromatic rings. The van der Waals surface area contributed by atoms with Crippen molar-refractivity contribution in [2.45, 2.75) is 51.4 Å². The monoisotopic (exact) mass is 377 g/mol. The number of rotatable bonds is 5. The molecular formula is C21H31NO5. The first kappa shape index (κ1) is 20.0. The van der Waals surface area contributed by atoms with Crippen molar-refractivity contribution >= 4 is 6.09 Å². The molecule has 2 fully saturated rings. The van der Waals surface area contributed by atoms with Gasteiger partial charge in [0.05, 0.1) is 19.8 Å². The van der Waals surface area contributed by atoms with Crippen LogP contribution in [-0.2, 0) is 9.47 Å². The summed E-state index contributed by atoms with van der Waals surface area (Å²) in [7, 11) is 1.62. The van der Waals surface area contributed by atoms with Gasteiger partial charge in [0.1, 0.15) is 17.5 Å². The molecule has 0 bridgehead atoms. The largest absolute Gasteiger partial charge is 0.496 e. The fraction of sp³-hybridized carbons (Fsp3) is 0.667. The topological polar surface area (TPSA) is 68.2 Å². The fourth-order valence-corrected chi connectivity index (χ4v) is 4.21. The lowest BCUT2D eigenvalue weighted by atomic mass is 10.0. The third-order valence-electron chi connectivity index (χ3n) is 5.37. The van der Waals surface area contributed by atoms with E-state index in [0.29, 0.717) is 11.8 Å². The molecule has 1 amide bonds. The van der Waals surface area contributed by atoms with Crippen molar-refractivity contribution in [1.29, 1.82) is 0 Å². The van der Waals surface area contributed by atoms with Gasteiger partial charge in [-0.2, -0.15) is 0 Å². The van der Waals surface area contributed by atoms with Gasteiger partial charge in [0, 0.05) is 18.7 Å². The van der Waals surface area contributed by atoms with E-state index in [0.717, 1.165) is 37.2 Å². The summed E-state index contributed by atoms with van der Waals surface area (Å²) in [4.78, 5) is 14.1. The van der Waals surface area contributed by atoms with Gasteiger partial charge in [-0.25, -0.2) is 4.79 Å². The van der Waals surface area contributed by atoms with Crippen molar-refractivity contribution in [2.24, 2.45) is 11.8 Å². The fourth-order valence-electron chi connectivity index (χ4n) is 4.21. The zero-order valence-corrected chi connectivity index (χ0v) is 16.7. The number of para-hydroxylation sites is 1. The third-order valence-corrected chi connectivity index (χ3v) is 5.37. The average molecular weight is 377 g/mol. The zero-order chi connectivity index (χ0) is 19.6. The van der Waals surface area contributed by atoms with Crippen LogP contribution in [0.25, 0.3) is 0 Å².